The molecule has 0 spiro atoms. The van der Waals surface area contributed by atoms with Gasteiger partial charge < -0.3 is 14.8 Å². The second kappa shape index (κ2) is 9.27. The normalized spacial score (nSPS) is 11.9. The molecule has 0 aliphatic carbocycles. The SMILES string of the molecule is CNCCN(C)Cc1cn[nH]c1-c1cc(C(F)(F)F)c(=O)n(Cc2ccccc2)c1. The van der Waals surface area contributed by atoms with Gasteiger partial charge in [0.05, 0.1) is 18.4 Å². The van der Waals surface area contributed by atoms with Crippen LogP contribution in [0.1, 0.15) is 16.7 Å². The maximum absolute atomic E-state index is 13.6. The minimum Gasteiger partial charge on any atom is -0.318 e. The number of hydrogen-bond acceptors (Lipinski definition) is 4. The number of benzene rings is 1. The number of rotatable bonds is 8. The Labute approximate surface area is 172 Å². The predicted molar refractivity (Wildman–Crippen MR) is 109 cm³/mol. The monoisotopic (exact) mass is 419 g/mol. The lowest BCUT2D eigenvalue weighted by molar-refractivity contribution is -0.138. The molecule has 160 valence electrons. The molecule has 0 radical (unpaired) electrons. The third-order valence-electron chi connectivity index (χ3n) is 4.78. The molecule has 0 saturated heterocycles. The molecule has 1 aromatic carbocycles. The van der Waals surface area contributed by atoms with Crippen LogP contribution in [0.2, 0.25) is 0 Å². The van der Waals surface area contributed by atoms with Gasteiger partial charge in [-0.15, -0.1) is 0 Å². The van der Waals surface area contributed by atoms with Gasteiger partial charge in [-0.3, -0.25) is 9.89 Å². The zero-order valence-corrected chi connectivity index (χ0v) is 16.8. The van der Waals surface area contributed by atoms with Crippen LogP contribution in [0.4, 0.5) is 13.2 Å². The first-order valence-electron chi connectivity index (χ1n) is 9.51. The zero-order chi connectivity index (χ0) is 21.7. The van der Waals surface area contributed by atoms with E-state index in [1.54, 1.807) is 30.5 Å². The van der Waals surface area contributed by atoms with Crippen molar-refractivity contribution in [2.24, 2.45) is 0 Å². The Balaban J connectivity index is 2.02. The Kier molecular flexibility index (Phi) is 6.73. The number of hydrogen-bond donors (Lipinski definition) is 2. The van der Waals surface area contributed by atoms with Gasteiger partial charge in [-0.2, -0.15) is 18.3 Å². The van der Waals surface area contributed by atoms with Gasteiger partial charge in [0.2, 0.25) is 0 Å². The Morgan fingerprint density at radius 1 is 1.23 bits per heavy atom. The lowest BCUT2D eigenvalue weighted by Gasteiger charge is -2.17. The van der Waals surface area contributed by atoms with Gasteiger partial charge in [-0.25, -0.2) is 0 Å². The number of alkyl halides is 3. The Bertz CT molecular complexity index is 1030. The summed E-state index contributed by atoms with van der Waals surface area (Å²) < 4.78 is 41.9. The van der Waals surface area contributed by atoms with Gasteiger partial charge in [0.1, 0.15) is 5.56 Å². The van der Waals surface area contributed by atoms with Crippen molar-refractivity contribution in [3.05, 3.63) is 75.8 Å². The fourth-order valence-corrected chi connectivity index (χ4v) is 3.23. The van der Waals surface area contributed by atoms with Gasteiger partial charge in [0, 0.05) is 37.0 Å². The predicted octanol–water partition coefficient (Wildman–Crippen LogP) is 2.96. The third kappa shape index (κ3) is 5.17. The maximum atomic E-state index is 13.6. The summed E-state index contributed by atoms with van der Waals surface area (Å²) in [6.07, 6.45) is -1.70. The van der Waals surface area contributed by atoms with Crippen molar-refractivity contribution in [1.29, 1.82) is 0 Å². The largest absolute Gasteiger partial charge is 0.421 e. The van der Waals surface area contributed by atoms with Crippen LogP contribution in [0.25, 0.3) is 11.3 Å². The minimum atomic E-state index is -4.75. The van der Waals surface area contributed by atoms with Crippen LogP contribution in [0, 0.1) is 0 Å². The van der Waals surface area contributed by atoms with Gasteiger partial charge in [-0.1, -0.05) is 30.3 Å². The van der Waals surface area contributed by atoms with Crippen LogP contribution >= 0.6 is 0 Å². The van der Waals surface area contributed by atoms with E-state index in [0.29, 0.717) is 12.2 Å². The van der Waals surface area contributed by atoms with E-state index >= 15 is 0 Å². The summed E-state index contributed by atoms with van der Waals surface area (Å²) in [6, 6.07) is 9.81. The van der Waals surface area contributed by atoms with Crippen LogP contribution < -0.4 is 10.9 Å². The van der Waals surface area contributed by atoms with Crippen molar-refractivity contribution in [2.45, 2.75) is 19.3 Å². The summed E-state index contributed by atoms with van der Waals surface area (Å²) >= 11 is 0. The fourth-order valence-electron chi connectivity index (χ4n) is 3.23. The number of pyridine rings is 1. The highest BCUT2D eigenvalue weighted by Gasteiger charge is 2.35. The molecule has 0 aliphatic rings. The first-order chi connectivity index (χ1) is 14.3. The lowest BCUT2D eigenvalue weighted by atomic mass is 10.1. The summed E-state index contributed by atoms with van der Waals surface area (Å²) in [6.45, 7) is 2.10. The molecule has 6 nitrogen and oxygen atoms in total. The molecule has 0 unspecified atom stereocenters. The number of likely N-dealkylation sites (N-methyl/N-ethyl adjacent to an activating group) is 2. The first kappa shape index (κ1) is 21.8. The van der Waals surface area contributed by atoms with Crippen LogP contribution in [-0.2, 0) is 19.3 Å². The van der Waals surface area contributed by atoms with E-state index in [4.69, 9.17) is 0 Å². The molecule has 3 rings (SSSR count). The van der Waals surface area contributed by atoms with Gasteiger partial charge in [0.25, 0.3) is 5.56 Å². The quantitative estimate of drug-likeness (QED) is 0.589. The molecular formula is C21H24F3N5O. The summed E-state index contributed by atoms with van der Waals surface area (Å²) in [4.78, 5) is 14.6. The van der Waals surface area contributed by atoms with Crippen molar-refractivity contribution in [3.8, 4) is 11.3 Å². The van der Waals surface area contributed by atoms with E-state index in [1.807, 2.05) is 25.1 Å². The second-order valence-corrected chi connectivity index (χ2v) is 7.17. The fraction of sp³-hybridized carbons (Fsp3) is 0.333. The smallest absolute Gasteiger partial charge is 0.318 e. The number of halogens is 3. The number of H-pyrrole nitrogens is 1. The average Bonchev–Trinajstić information content (AvgIpc) is 3.16. The number of aromatic amines is 1. The molecule has 0 saturated carbocycles. The number of nitrogens with zero attached hydrogens (tertiary/aromatic N) is 3. The van der Waals surface area contributed by atoms with E-state index in [0.717, 1.165) is 34.8 Å². The van der Waals surface area contributed by atoms with E-state index < -0.39 is 17.3 Å². The van der Waals surface area contributed by atoms with Crippen LogP contribution in [0.5, 0.6) is 0 Å². The van der Waals surface area contributed by atoms with E-state index in [-0.39, 0.29) is 12.1 Å². The van der Waals surface area contributed by atoms with Crippen molar-refractivity contribution < 1.29 is 13.2 Å². The topological polar surface area (TPSA) is 66.0 Å². The molecule has 2 N–H and O–H groups in total. The summed E-state index contributed by atoms with van der Waals surface area (Å²) in [7, 11) is 3.78. The molecule has 2 heterocycles. The molecule has 0 atom stereocenters. The molecule has 0 fully saturated rings. The molecule has 0 aliphatic heterocycles. The Morgan fingerprint density at radius 3 is 2.63 bits per heavy atom. The number of nitrogens with one attached hydrogen (secondary N) is 2. The minimum absolute atomic E-state index is 0.0438. The van der Waals surface area contributed by atoms with Crippen LogP contribution in [0.15, 0.2) is 53.6 Å². The highest BCUT2D eigenvalue weighted by Crippen LogP contribution is 2.30. The van der Waals surface area contributed by atoms with Gasteiger partial charge in [0.15, 0.2) is 0 Å². The average molecular weight is 419 g/mol. The molecule has 30 heavy (non-hydrogen) atoms. The maximum Gasteiger partial charge on any atom is 0.421 e. The first-order valence-corrected chi connectivity index (χ1v) is 9.51. The van der Waals surface area contributed by atoms with Crippen molar-refractivity contribution in [3.63, 3.8) is 0 Å². The van der Waals surface area contributed by atoms with E-state index in [2.05, 4.69) is 15.5 Å². The lowest BCUT2D eigenvalue weighted by Crippen LogP contribution is -2.29. The molecular weight excluding hydrogens is 395 g/mol. The second-order valence-electron chi connectivity index (χ2n) is 7.17. The zero-order valence-electron chi connectivity index (χ0n) is 16.8. The van der Waals surface area contributed by atoms with Crippen molar-refractivity contribution in [1.82, 2.24) is 25.0 Å². The highest BCUT2D eigenvalue weighted by molar-refractivity contribution is 5.62. The van der Waals surface area contributed by atoms with Gasteiger partial charge in [-0.05, 0) is 25.7 Å². The standard InChI is InChI=1S/C21H24F3N5O/c1-25-8-9-28(2)13-17-11-26-27-19(17)16-10-18(21(22,23)24)20(30)29(14-16)12-15-6-4-3-5-7-15/h3-7,10-11,14,25H,8-9,12-13H2,1-2H3,(H,26,27). The summed E-state index contributed by atoms with van der Waals surface area (Å²) in [5.41, 5.74) is -0.0264. The Hall–Kier alpha value is -2.91. The van der Waals surface area contributed by atoms with Crippen molar-refractivity contribution in [2.75, 3.05) is 27.2 Å². The van der Waals surface area contributed by atoms with Crippen LogP contribution in [0.3, 0.4) is 0 Å². The molecule has 3 aromatic rings. The summed E-state index contributed by atoms with van der Waals surface area (Å²) in [5.74, 6) is 0. The van der Waals surface area contributed by atoms with E-state index in [9.17, 15) is 18.0 Å². The Morgan fingerprint density at radius 2 is 1.97 bits per heavy atom. The number of aromatic nitrogens is 3. The van der Waals surface area contributed by atoms with Gasteiger partial charge >= 0.3 is 6.18 Å². The highest BCUT2D eigenvalue weighted by atomic mass is 19.4. The van der Waals surface area contributed by atoms with E-state index in [1.165, 1.54) is 6.20 Å². The molecule has 0 amide bonds. The van der Waals surface area contributed by atoms with Crippen molar-refractivity contribution >= 4 is 0 Å². The molecule has 2 aromatic heterocycles. The molecule has 9 heteroatoms. The van der Waals surface area contributed by atoms with Crippen LogP contribution in [-0.4, -0.2) is 46.8 Å². The third-order valence-corrected chi connectivity index (χ3v) is 4.78. The molecule has 0 bridgehead atoms. The summed E-state index contributed by atoms with van der Waals surface area (Å²) in [5, 5.41) is 9.88.